The third-order valence-electron chi connectivity index (χ3n) is 3.28. The molecule has 0 saturated carbocycles. The number of nitrogens with zero attached hydrogens (tertiary/aromatic N) is 1. The van der Waals surface area contributed by atoms with E-state index in [0.29, 0.717) is 13.1 Å². The Bertz CT molecular complexity index is 545. The molecule has 1 aromatic rings. The largest absolute Gasteiger partial charge is 0.444 e. The van der Waals surface area contributed by atoms with Gasteiger partial charge in [0.2, 0.25) is 0 Å². The molecule has 0 spiro atoms. The number of likely N-dealkylation sites (tertiary alicyclic amines) is 1. The van der Waals surface area contributed by atoms with Crippen molar-refractivity contribution in [3.05, 3.63) is 20.8 Å². The second-order valence-electron chi connectivity index (χ2n) is 6.34. The van der Waals surface area contributed by atoms with Gasteiger partial charge in [-0.2, -0.15) is 0 Å². The maximum Gasteiger partial charge on any atom is 0.407 e. The smallest absolute Gasteiger partial charge is 0.407 e. The summed E-state index contributed by atoms with van der Waals surface area (Å²) in [4.78, 5) is 26.7. The summed E-state index contributed by atoms with van der Waals surface area (Å²) in [7, 11) is 0. The third kappa shape index (κ3) is 4.98. The molecule has 1 saturated heterocycles. The normalized spacial score (nSPS) is 16.5. The number of amides is 2. The quantitative estimate of drug-likeness (QED) is 0.840. The molecule has 1 fully saturated rings. The Morgan fingerprint density at radius 3 is 2.50 bits per heavy atom. The second kappa shape index (κ2) is 7.00. The number of carbonyl (C=O) groups excluding carboxylic acids is 2. The van der Waals surface area contributed by atoms with E-state index in [4.69, 9.17) is 4.74 Å². The van der Waals surface area contributed by atoms with Crippen molar-refractivity contribution in [1.29, 1.82) is 0 Å². The Labute approximate surface area is 143 Å². The number of ether oxygens (including phenoxy) is 1. The van der Waals surface area contributed by atoms with Gasteiger partial charge in [-0.05, 0) is 55.6 Å². The third-order valence-corrected chi connectivity index (χ3v) is 4.96. The molecule has 7 heteroatoms. The van der Waals surface area contributed by atoms with Crippen molar-refractivity contribution < 1.29 is 14.3 Å². The fourth-order valence-corrected chi connectivity index (χ4v) is 3.68. The molecule has 0 bridgehead atoms. The number of halogens is 1. The SMILES string of the molecule is CC(C)(C)OC(=O)NC1CCN(C(=O)c2cc(Br)cs2)CC1. The van der Waals surface area contributed by atoms with Crippen LogP contribution in [0.1, 0.15) is 43.3 Å². The number of carbonyl (C=O) groups is 2. The predicted molar refractivity (Wildman–Crippen MR) is 90.3 cm³/mol. The zero-order chi connectivity index (χ0) is 16.3. The summed E-state index contributed by atoms with van der Waals surface area (Å²) in [5, 5.41) is 4.78. The standard InChI is InChI=1S/C15H21BrN2O3S/c1-15(2,3)21-14(20)17-11-4-6-18(7-5-11)13(19)12-8-10(16)9-22-12/h8-9,11H,4-7H2,1-3H3,(H,17,20). The van der Waals surface area contributed by atoms with Gasteiger partial charge in [-0.3, -0.25) is 4.79 Å². The van der Waals surface area contributed by atoms with Gasteiger partial charge in [0.05, 0.1) is 4.88 Å². The summed E-state index contributed by atoms with van der Waals surface area (Å²) in [5.41, 5.74) is -0.493. The van der Waals surface area contributed by atoms with Crippen molar-refractivity contribution in [2.24, 2.45) is 0 Å². The molecule has 0 aliphatic carbocycles. The van der Waals surface area contributed by atoms with Gasteiger partial charge in [0.1, 0.15) is 5.60 Å². The van der Waals surface area contributed by atoms with Crippen molar-refractivity contribution in [1.82, 2.24) is 10.2 Å². The number of hydrogen-bond acceptors (Lipinski definition) is 4. The summed E-state index contributed by atoms with van der Waals surface area (Å²) in [6, 6.07) is 1.91. The molecule has 2 rings (SSSR count). The summed E-state index contributed by atoms with van der Waals surface area (Å²) >= 11 is 4.80. The summed E-state index contributed by atoms with van der Waals surface area (Å²) in [6.45, 7) is 6.82. The number of nitrogens with one attached hydrogen (secondary N) is 1. The van der Waals surface area contributed by atoms with Gasteiger partial charge in [0.15, 0.2) is 0 Å². The van der Waals surface area contributed by atoms with Crippen LogP contribution in [0.2, 0.25) is 0 Å². The van der Waals surface area contributed by atoms with Crippen LogP contribution in [0, 0.1) is 0 Å². The summed E-state index contributed by atoms with van der Waals surface area (Å²) in [5.74, 6) is 0.0615. The lowest BCUT2D eigenvalue weighted by atomic mass is 10.1. The molecule has 0 unspecified atom stereocenters. The molecule has 122 valence electrons. The first-order chi connectivity index (χ1) is 10.2. The minimum atomic E-state index is -0.493. The number of piperidine rings is 1. The van der Waals surface area contributed by atoms with Gasteiger partial charge in [0, 0.05) is 29.0 Å². The first-order valence-corrected chi connectivity index (χ1v) is 8.95. The minimum Gasteiger partial charge on any atom is -0.444 e. The van der Waals surface area contributed by atoms with Crippen molar-refractivity contribution in [2.45, 2.75) is 45.3 Å². The molecule has 1 aromatic heterocycles. The number of thiophene rings is 1. The van der Waals surface area contributed by atoms with Crippen molar-refractivity contribution in [3.63, 3.8) is 0 Å². The van der Waals surface area contributed by atoms with Gasteiger partial charge < -0.3 is 15.0 Å². The molecule has 5 nitrogen and oxygen atoms in total. The van der Waals surface area contributed by atoms with Crippen LogP contribution in [0.3, 0.4) is 0 Å². The van der Waals surface area contributed by atoms with Crippen molar-refractivity contribution in [2.75, 3.05) is 13.1 Å². The highest BCUT2D eigenvalue weighted by atomic mass is 79.9. The Morgan fingerprint density at radius 1 is 1.36 bits per heavy atom. The van der Waals surface area contributed by atoms with Gasteiger partial charge in [0.25, 0.3) is 5.91 Å². The molecular formula is C15H21BrN2O3S. The summed E-state index contributed by atoms with van der Waals surface area (Å²) < 4.78 is 6.19. The fraction of sp³-hybridized carbons (Fsp3) is 0.600. The molecule has 0 radical (unpaired) electrons. The molecular weight excluding hydrogens is 368 g/mol. The van der Waals surface area contributed by atoms with Crippen molar-refractivity contribution >= 4 is 39.3 Å². The van der Waals surface area contributed by atoms with Crippen LogP contribution in [0.5, 0.6) is 0 Å². The topological polar surface area (TPSA) is 58.6 Å². The molecule has 1 aliphatic heterocycles. The molecule has 0 aromatic carbocycles. The van der Waals surface area contributed by atoms with E-state index in [0.717, 1.165) is 22.2 Å². The van der Waals surface area contributed by atoms with E-state index >= 15 is 0 Å². The van der Waals surface area contributed by atoms with Crippen LogP contribution in [-0.2, 0) is 4.74 Å². The second-order valence-corrected chi connectivity index (χ2v) is 8.17. The molecule has 1 aliphatic rings. The Morgan fingerprint density at radius 2 is 2.00 bits per heavy atom. The maximum absolute atomic E-state index is 12.3. The van der Waals surface area contributed by atoms with E-state index in [-0.39, 0.29) is 18.0 Å². The molecule has 22 heavy (non-hydrogen) atoms. The van der Waals surface area contributed by atoms with E-state index in [1.54, 1.807) is 0 Å². The van der Waals surface area contributed by atoms with E-state index in [2.05, 4.69) is 21.2 Å². The minimum absolute atomic E-state index is 0.0615. The van der Waals surface area contributed by atoms with Crippen LogP contribution in [0.4, 0.5) is 4.79 Å². The lowest BCUT2D eigenvalue weighted by molar-refractivity contribution is 0.0474. The van der Waals surface area contributed by atoms with E-state index in [1.165, 1.54) is 11.3 Å². The van der Waals surface area contributed by atoms with Crippen LogP contribution in [0.15, 0.2) is 15.9 Å². The van der Waals surface area contributed by atoms with Gasteiger partial charge in [-0.25, -0.2) is 4.79 Å². The molecule has 2 heterocycles. The van der Waals surface area contributed by atoms with Gasteiger partial charge in [-0.15, -0.1) is 11.3 Å². The maximum atomic E-state index is 12.3. The van der Waals surface area contributed by atoms with Crippen LogP contribution in [0.25, 0.3) is 0 Å². The zero-order valence-corrected chi connectivity index (χ0v) is 15.4. The lowest BCUT2D eigenvalue weighted by Crippen LogP contribution is -2.47. The predicted octanol–water partition coefficient (Wildman–Crippen LogP) is 3.64. The highest BCUT2D eigenvalue weighted by molar-refractivity contribution is 9.10. The first-order valence-electron chi connectivity index (χ1n) is 7.27. The zero-order valence-electron chi connectivity index (χ0n) is 13.0. The Hall–Kier alpha value is -1.08. The Kier molecular flexibility index (Phi) is 5.50. The average Bonchev–Trinajstić information content (AvgIpc) is 2.83. The highest BCUT2D eigenvalue weighted by Crippen LogP contribution is 2.23. The molecule has 0 atom stereocenters. The number of rotatable bonds is 2. The lowest BCUT2D eigenvalue weighted by Gasteiger charge is -2.32. The number of hydrogen-bond donors (Lipinski definition) is 1. The molecule has 2 amide bonds. The van der Waals surface area contributed by atoms with E-state index < -0.39 is 5.60 Å². The van der Waals surface area contributed by atoms with Crippen molar-refractivity contribution in [3.8, 4) is 0 Å². The number of alkyl carbamates (subject to hydrolysis) is 1. The van der Waals surface area contributed by atoms with E-state index in [1.807, 2.05) is 37.1 Å². The fourth-order valence-electron chi connectivity index (χ4n) is 2.28. The highest BCUT2D eigenvalue weighted by Gasteiger charge is 2.26. The van der Waals surface area contributed by atoms with Crippen LogP contribution in [-0.4, -0.2) is 41.6 Å². The Balaban J connectivity index is 1.80. The average molecular weight is 389 g/mol. The monoisotopic (exact) mass is 388 g/mol. The van der Waals surface area contributed by atoms with E-state index in [9.17, 15) is 9.59 Å². The van der Waals surface area contributed by atoms with Gasteiger partial charge >= 0.3 is 6.09 Å². The summed E-state index contributed by atoms with van der Waals surface area (Å²) in [6.07, 6.45) is 1.11. The van der Waals surface area contributed by atoms with Gasteiger partial charge in [-0.1, -0.05) is 0 Å². The van der Waals surface area contributed by atoms with Crippen LogP contribution >= 0.6 is 27.3 Å². The first kappa shape index (κ1) is 17.3. The van der Waals surface area contributed by atoms with Crippen LogP contribution < -0.4 is 5.32 Å². The molecule has 1 N–H and O–H groups in total.